The molecule has 0 saturated carbocycles. The predicted octanol–water partition coefficient (Wildman–Crippen LogP) is 6.31. The Morgan fingerprint density at radius 1 is 1.09 bits per heavy atom. The average molecular weight is 477 g/mol. The summed E-state index contributed by atoms with van der Waals surface area (Å²) in [6.07, 6.45) is 4.74. The molecular formula is C28H36N4OS. The van der Waals surface area contributed by atoms with E-state index in [-0.39, 0.29) is 6.03 Å². The van der Waals surface area contributed by atoms with Crippen molar-refractivity contribution in [3.63, 3.8) is 0 Å². The second-order valence-electron chi connectivity index (χ2n) is 9.42. The molecule has 0 bridgehead atoms. The van der Waals surface area contributed by atoms with E-state index in [0.717, 1.165) is 23.5 Å². The van der Waals surface area contributed by atoms with Crippen LogP contribution in [0.2, 0.25) is 0 Å². The molecule has 1 aliphatic heterocycles. The van der Waals surface area contributed by atoms with Crippen LogP contribution in [0.3, 0.4) is 0 Å². The fourth-order valence-electron chi connectivity index (χ4n) is 5.95. The van der Waals surface area contributed by atoms with Gasteiger partial charge in [0.25, 0.3) is 0 Å². The van der Waals surface area contributed by atoms with Gasteiger partial charge in [0.2, 0.25) is 0 Å². The number of rotatable bonds is 7. The van der Waals surface area contributed by atoms with Crippen LogP contribution < -0.4 is 5.43 Å². The monoisotopic (exact) mass is 476 g/mol. The number of likely N-dealkylation sites (tertiary alicyclic amines) is 1. The summed E-state index contributed by atoms with van der Waals surface area (Å²) in [7, 11) is 0. The van der Waals surface area contributed by atoms with Crippen LogP contribution in [0.5, 0.6) is 0 Å². The van der Waals surface area contributed by atoms with Gasteiger partial charge in [-0.1, -0.05) is 49.0 Å². The number of hydrogen-bond acceptors (Lipinski definition) is 3. The van der Waals surface area contributed by atoms with Gasteiger partial charge in [-0.05, 0) is 81.9 Å². The number of hydrogen-bond donors (Lipinski definition) is 1. The van der Waals surface area contributed by atoms with Crippen molar-refractivity contribution >= 4 is 28.7 Å². The highest BCUT2D eigenvalue weighted by Crippen LogP contribution is 2.48. The lowest BCUT2D eigenvalue weighted by Crippen LogP contribution is -2.47. The van der Waals surface area contributed by atoms with E-state index in [4.69, 9.17) is 0 Å². The second kappa shape index (κ2) is 10.0. The van der Waals surface area contributed by atoms with Gasteiger partial charge in [0, 0.05) is 35.3 Å². The Kier molecular flexibility index (Phi) is 6.89. The molecule has 0 spiro atoms. The molecule has 2 aliphatic rings. The third kappa shape index (κ3) is 4.11. The summed E-state index contributed by atoms with van der Waals surface area (Å²) in [6, 6.07) is 17.7. The van der Waals surface area contributed by atoms with Gasteiger partial charge in [-0.25, -0.2) is 14.9 Å². The van der Waals surface area contributed by atoms with Crippen molar-refractivity contribution in [2.45, 2.75) is 68.3 Å². The summed E-state index contributed by atoms with van der Waals surface area (Å²) in [6.45, 7) is 10.1. The minimum Gasteiger partial charge on any atom is -0.324 e. The van der Waals surface area contributed by atoms with Crippen LogP contribution in [-0.4, -0.2) is 52.7 Å². The molecular weight excluding hydrogens is 440 g/mol. The zero-order valence-corrected chi connectivity index (χ0v) is 21.4. The molecule has 2 aromatic carbocycles. The van der Waals surface area contributed by atoms with E-state index in [0.29, 0.717) is 25.0 Å². The number of carbonyl (C=O) groups is 1. The Balaban J connectivity index is 1.66. The number of nitrogens with one attached hydrogen (secondary N) is 1. The van der Waals surface area contributed by atoms with Gasteiger partial charge in [-0.3, -0.25) is 4.90 Å². The van der Waals surface area contributed by atoms with E-state index in [9.17, 15) is 4.79 Å². The molecule has 34 heavy (non-hydrogen) atoms. The Labute approximate surface area is 207 Å². The van der Waals surface area contributed by atoms with Crippen molar-refractivity contribution in [2.75, 3.05) is 31.6 Å². The smallest absolute Gasteiger partial charge is 0.324 e. The van der Waals surface area contributed by atoms with Crippen LogP contribution in [0.15, 0.2) is 58.5 Å². The molecule has 5 rings (SSSR count). The Morgan fingerprint density at radius 2 is 1.88 bits per heavy atom. The van der Waals surface area contributed by atoms with Crippen LogP contribution in [0, 0.1) is 0 Å². The number of aromatic nitrogens is 1. The van der Waals surface area contributed by atoms with E-state index < -0.39 is 0 Å². The lowest BCUT2D eigenvalue weighted by Gasteiger charge is -2.44. The number of carbonyl (C=O) groups excluding carboxylic acids is 1. The molecule has 180 valence electrons. The van der Waals surface area contributed by atoms with E-state index in [1.165, 1.54) is 47.2 Å². The van der Waals surface area contributed by atoms with Gasteiger partial charge in [0.15, 0.2) is 0 Å². The standard InChI is InChI=1S/C28H36N4OS/c1-4-17-31-18-11-15-21-22-14-10-16-24-26(22)23(19-25(21)31)27(34-20-12-8-7-9-13-20)32(24)29-28(33)30(5-2)6-3/h7-10,12-14,16,21,25H,4-6,11,15,17-19H2,1-3H3,(H,29,33)/t21-,25-/m1/s1. The first kappa shape index (κ1) is 23.3. The predicted molar refractivity (Wildman–Crippen MR) is 142 cm³/mol. The van der Waals surface area contributed by atoms with E-state index >= 15 is 0 Å². The number of fused-ring (bicyclic) bond motifs is 2. The van der Waals surface area contributed by atoms with Gasteiger partial charge >= 0.3 is 6.03 Å². The molecule has 1 aliphatic carbocycles. The minimum atomic E-state index is -0.0435. The van der Waals surface area contributed by atoms with Crippen molar-refractivity contribution in [2.24, 2.45) is 0 Å². The fraction of sp³-hybridized carbons (Fsp3) is 0.464. The van der Waals surface area contributed by atoms with Gasteiger partial charge < -0.3 is 4.90 Å². The van der Waals surface area contributed by atoms with Crippen molar-refractivity contribution in [1.29, 1.82) is 0 Å². The SMILES string of the molecule is CCCN1CCC[C@@H]2c3cccc4c3c(c(Sc3ccccc3)n4NC(=O)N(CC)CC)C[C@H]21. The highest BCUT2D eigenvalue weighted by atomic mass is 32.2. The number of piperidine rings is 1. The highest BCUT2D eigenvalue weighted by Gasteiger charge is 2.39. The number of urea groups is 1. The Morgan fingerprint density at radius 3 is 2.62 bits per heavy atom. The molecule has 5 nitrogen and oxygen atoms in total. The van der Waals surface area contributed by atoms with Crippen LogP contribution in [0.4, 0.5) is 4.79 Å². The number of nitrogens with zero attached hydrogens (tertiary/aromatic N) is 3. The molecule has 0 unspecified atom stereocenters. The maximum Gasteiger partial charge on any atom is 0.336 e. The molecule has 3 aromatic rings. The summed E-state index contributed by atoms with van der Waals surface area (Å²) in [5, 5.41) is 2.51. The average Bonchev–Trinajstić information content (AvgIpc) is 3.14. The molecule has 6 heteroatoms. The summed E-state index contributed by atoms with van der Waals surface area (Å²) in [4.78, 5) is 18.9. The van der Waals surface area contributed by atoms with E-state index in [1.807, 2.05) is 18.7 Å². The van der Waals surface area contributed by atoms with Gasteiger partial charge in [0.05, 0.1) is 5.52 Å². The van der Waals surface area contributed by atoms with Crippen LogP contribution in [-0.2, 0) is 6.42 Å². The van der Waals surface area contributed by atoms with Crippen molar-refractivity contribution in [3.8, 4) is 0 Å². The lowest BCUT2D eigenvalue weighted by atomic mass is 9.75. The fourth-order valence-corrected chi connectivity index (χ4v) is 7.01. The quantitative estimate of drug-likeness (QED) is 0.434. The van der Waals surface area contributed by atoms with Crippen LogP contribution in [0.25, 0.3) is 10.9 Å². The zero-order valence-electron chi connectivity index (χ0n) is 20.6. The molecule has 2 heterocycles. The molecule has 1 N–H and O–H groups in total. The molecule has 2 atom stereocenters. The third-order valence-electron chi connectivity index (χ3n) is 7.51. The largest absolute Gasteiger partial charge is 0.336 e. The molecule has 1 saturated heterocycles. The normalized spacial score (nSPS) is 19.7. The van der Waals surface area contributed by atoms with Crippen molar-refractivity contribution in [3.05, 3.63) is 59.7 Å². The summed E-state index contributed by atoms with van der Waals surface area (Å²) < 4.78 is 2.08. The maximum atomic E-state index is 13.2. The van der Waals surface area contributed by atoms with E-state index in [1.54, 1.807) is 11.8 Å². The minimum absolute atomic E-state index is 0.0435. The maximum absolute atomic E-state index is 13.2. The first-order valence-corrected chi connectivity index (χ1v) is 13.7. The summed E-state index contributed by atoms with van der Waals surface area (Å²) >= 11 is 1.77. The van der Waals surface area contributed by atoms with Crippen LogP contribution >= 0.6 is 11.8 Å². The molecule has 2 amide bonds. The number of amides is 2. The van der Waals surface area contributed by atoms with E-state index in [2.05, 4.69) is 70.5 Å². The summed E-state index contributed by atoms with van der Waals surface area (Å²) in [5.74, 6) is 0.570. The first-order valence-electron chi connectivity index (χ1n) is 12.8. The topological polar surface area (TPSA) is 40.5 Å². The van der Waals surface area contributed by atoms with Crippen molar-refractivity contribution < 1.29 is 4.79 Å². The lowest BCUT2D eigenvalue weighted by molar-refractivity contribution is 0.123. The molecule has 0 radical (unpaired) electrons. The third-order valence-corrected chi connectivity index (χ3v) is 8.64. The second-order valence-corrected chi connectivity index (χ2v) is 10.5. The molecule has 1 aromatic heterocycles. The van der Waals surface area contributed by atoms with Crippen LogP contribution in [0.1, 0.15) is 57.1 Å². The summed E-state index contributed by atoms with van der Waals surface area (Å²) in [5.41, 5.74) is 7.26. The number of benzene rings is 2. The van der Waals surface area contributed by atoms with Gasteiger partial charge in [-0.15, -0.1) is 0 Å². The van der Waals surface area contributed by atoms with Gasteiger partial charge in [-0.2, -0.15) is 0 Å². The Bertz CT molecular complexity index is 1150. The van der Waals surface area contributed by atoms with Crippen molar-refractivity contribution in [1.82, 2.24) is 14.5 Å². The Hall–Kier alpha value is -2.44. The highest BCUT2D eigenvalue weighted by molar-refractivity contribution is 7.99. The first-order chi connectivity index (χ1) is 16.7. The molecule has 1 fully saturated rings. The van der Waals surface area contributed by atoms with Gasteiger partial charge in [0.1, 0.15) is 5.03 Å². The zero-order chi connectivity index (χ0) is 23.7.